The minimum absolute atomic E-state index is 0.263. The van der Waals surface area contributed by atoms with E-state index in [0.717, 1.165) is 17.9 Å². The van der Waals surface area contributed by atoms with Crippen molar-refractivity contribution in [2.45, 2.75) is 26.4 Å². The number of fused-ring (bicyclic) bond motifs is 1. The van der Waals surface area contributed by atoms with Gasteiger partial charge in [0, 0.05) is 44.3 Å². The maximum absolute atomic E-state index is 4.69. The molecule has 0 amide bonds. The minimum Gasteiger partial charge on any atom is -0.377 e. The highest BCUT2D eigenvalue weighted by Crippen LogP contribution is 2.24. The molecule has 0 aliphatic heterocycles. The SMILES string of the molecule is Cc1cccc2nc(CN[C@@H](C)c3ccccc3N(C)C)cn12. The van der Waals surface area contributed by atoms with Crippen molar-refractivity contribution in [2.75, 3.05) is 19.0 Å². The fourth-order valence-electron chi connectivity index (χ4n) is 2.91. The van der Waals surface area contributed by atoms with Crippen molar-refractivity contribution in [3.05, 3.63) is 65.6 Å². The Hall–Kier alpha value is -2.33. The molecule has 3 rings (SSSR count). The summed E-state index contributed by atoms with van der Waals surface area (Å²) in [5.74, 6) is 0. The van der Waals surface area contributed by atoms with Crippen molar-refractivity contribution in [1.82, 2.24) is 14.7 Å². The van der Waals surface area contributed by atoms with Gasteiger partial charge in [-0.05, 0) is 37.6 Å². The van der Waals surface area contributed by atoms with E-state index in [-0.39, 0.29) is 6.04 Å². The number of nitrogens with one attached hydrogen (secondary N) is 1. The van der Waals surface area contributed by atoms with Gasteiger partial charge in [0.2, 0.25) is 0 Å². The van der Waals surface area contributed by atoms with Crippen LogP contribution < -0.4 is 10.2 Å². The summed E-state index contributed by atoms with van der Waals surface area (Å²) in [6, 6.07) is 15.0. The predicted octanol–water partition coefficient (Wildman–Crippen LogP) is 3.56. The number of anilines is 1. The third-order valence-corrected chi connectivity index (χ3v) is 4.22. The van der Waals surface area contributed by atoms with Crippen molar-refractivity contribution in [1.29, 1.82) is 0 Å². The molecular formula is C19H24N4. The van der Waals surface area contributed by atoms with Crippen molar-refractivity contribution in [2.24, 2.45) is 0 Å². The largest absolute Gasteiger partial charge is 0.377 e. The maximum Gasteiger partial charge on any atom is 0.137 e. The second-order valence-electron chi connectivity index (χ2n) is 6.18. The molecule has 120 valence electrons. The Bertz CT molecular complexity index is 804. The molecule has 1 atom stereocenters. The molecule has 23 heavy (non-hydrogen) atoms. The summed E-state index contributed by atoms with van der Waals surface area (Å²) in [7, 11) is 4.16. The Morgan fingerprint density at radius 2 is 1.91 bits per heavy atom. The molecular weight excluding hydrogens is 284 g/mol. The molecule has 1 N–H and O–H groups in total. The number of imidazole rings is 1. The van der Waals surface area contributed by atoms with E-state index in [9.17, 15) is 0 Å². The van der Waals surface area contributed by atoms with E-state index in [0.29, 0.717) is 0 Å². The van der Waals surface area contributed by atoms with Crippen LogP contribution in [0.1, 0.15) is 29.9 Å². The van der Waals surface area contributed by atoms with E-state index in [1.165, 1.54) is 16.9 Å². The molecule has 1 aromatic carbocycles. The Kier molecular flexibility index (Phi) is 4.35. The summed E-state index contributed by atoms with van der Waals surface area (Å²) >= 11 is 0. The molecule has 0 aliphatic carbocycles. The number of hydrogen-bond acceptors (Lipinski definition) is 3. The molecule has 0 saturated carbocycles. The zero-order valence-electron chi connectivity index (χ0n) is 14.2. The third kappa shape index (κ3) is 3.22. The van der Waals surface area contributed by atoms with E-state index >= 15 is 0 Å². The van der Waals surface area contributed by atoms with Crippen LogP contribution in [0.2, 0.25) is 0 Å². The fraction of sp³-hybridized carbons (Fsp3) is 0.316. The Balaban J connectivity index is 1.76. The van der Waals surface area contributed by atoms with Crippen LogP contribution in [0.15, 0.2) is 48.7 Å². The molecule has 2 heterocycles. The van der Waals surface area contributed by atoms with Gasteiger partial charge in [-0.1, -0.05) is 24.3 Å². The van der Waals surface area contributed by atoms with Gasteiger partial charge >= 0.3 is 0 Å². The molecule has 0 unspecified atom stereocenters. The zero-order chi connectivity index (χ0) is 16.4. The number of aryl methyl sites for hydroxylation is 1. The lowest BCUT2D eigenvalue weighted by Gasteiger charge is -2.22. The van der Waals surface area contributed by atoms with Gasteiger partial charge in [-0.2, -0.15) is 0 Å². The van der Waals surface area contributed by atoms with Gasteiger partial charge in [-0.15, -0.1) is 0 Å². The van der Waals surface area contributed by atoms with Gasteiger partial charge in [0.1, 0.15) is 5.65 Å². The predicted molar refractivity (Wildman–Crippen MR) is 96.0 cm³/mol. The summed E-state index contributed by atoms with van der Waals surface area (Å²) < 4.78 is 2.13. The van der Waals surface area contributed by atoms with Crippen LogP contribution >= 0.6 is 0 Å². The Morgan fingerprint density at radius 3 is 2.65 bits per heavy atom. The second kappa shape index (κ2) is 6.42. The molecule has 0 bridgehead atoms. The third-order valence-electron chi connectivity index (χ3n) is 4.22. The minimum atomic E-state index is 0.263. The zero-order valence-corrected chi connectivity index (χ0v) is 14.2. The smallest absolute Gasteiger partial charge is 0.137 e. The van der Waals surface area contributed by atoms with E-state index < -0.39 is 0 Å². The fourth-order valence-corrected chi connectivity index (χ4v) is 2.91. The Morgan fingerprint density at radius 1 is 1.13 bits per heavy atom. The molecule has 3 aromatic rings. The van der Waals surface area contributed by atoms with E-state index in [1.54, 1.807) is 0 Å². The van der Waals surface area contributed by atoms with Gasteiger partial charge in [-0.25, -0.2) is 4.98 Å². The number of para-hydroxylation sites is 1. The monoisotopic (exact) mass is 308 g/mol. The Labute approximate surface area is 137 Å². The first-order valence-electron chi connectivity index (χ1n) is 7.99. The maximum atomic E-state index is 4.69. The first-order valence-corrected chi connectivity index (χ1v) is 7.99. The van der Waals surface area contributed by atoms with E-state index in [1.807, 2.05) is 12.1 Å². The molecule has 4 heteroatoms. The molecule has 4 nitrogen and oxygen atoms in total. The summed E-state index contributed by atoms with van der Waals surface area (Å²) in [5, 5.41) is 3.59. The van der Waals surface area contributed by atoms with E-state index in [4.69, 9.17) is 0 Å². The standard InChI is InChI=1S/C19H24N4/c1-14-8-7-11-19-21-16(13-23(14)19)12-20-15(2)17-9-5-6-10-18(17)22(3)4/h5-11,13,15,20H,12H2,1-4H3/t15-/m0/s1. The average Bonchev–Trinajstić information content (AvgIpc) is 2.97. The van der Waals surface area contributed by atoms with Crippen molar-refractivity contribution in [3.63, 3.8) is 0 Å². The van der Waals surface area contributed by atoms with Crippen LogP contribution in [0.25, 0.3) is 5.65 Å². The topological polar surface area (TPSA) is 32.6 Å². The summed E-state index contributed by atoms with van der Waals surface area (Å²) in [5.41, 5.74) is 5.82. The summed E-state index contributed by atoms with van der Waals surface area (Å²) in [4.78, 5) is 6.84. The quantitative estimate of drug-likeness (QED) is 0.782. The highest BCUT2D eigenvalue weighted by atomic mass is 15.1. The lowest BCUT2D eigenvalue weighted by Crippen LogP contribution is -2.21. The molecule has 2 aromatic heterocycles. The van der Waals surface area contributed by atoms with Gasteiger partial charge < -0.3 is 14.6 Å². The first kappa shape index (κ1) is 15.6. The van der Waals surface area contributed by atoms with Crippen LogP contribution in [0.5, 0.6) is 0 Å². The lowest BCUT2D eigenvalue weighted by atomic mass is 10.1. The summed E-state index contributed by atoms with van der Waals surface area (Å²) in [6.07, 6.45) is 2.11. The second-order valence-corrected chi connectivity index (χ2v) is 6.18. The van der Waals surface area contributed by atoms with Gasteiger partial charge in [0.05, 0.1) is 5.69 Å². The number of hydrogen-bond donors (Lipinski definition) is 1. The van der Waals surface area contributed by atoms with Crippen molar-refractivity contribution < 1.29 is 0 Å². The molecule has 0 aliphatic rings. The number of rotatable bonds is 5. The highest BCUT2D eigenvalue weighted by Gasteiger charge is 2.12. The normalized spacial score (nSPS) is 12.5. The average molecular weight is 308 g/mol. The van der Waals surface area contributed by atoms with Gasteiger partial charge in [0.25, 0.3) is 0 Å². The number of nitrogens with zero attached hydrogens (tertiary/aromatic N) is 3. The number of pyridine rings is 1. The lowest BCUT2D eigenvalue weighted by molar-refractivity contribution is 0.569. The van der Waals surface area contributed by atoms with Crippen molar-refractivity contribution in [3.8, 4) is 0 Å². The number of benzene rings is 1. The van der Waals surface area contributed by atoms with Crippen LogP contribution in [0.3, 0.4) is 0 Å². The van der Waals surface area contributed by atoms with Crippen molar-refractivity contribution >= 4 is 11.3 Å². The van der Waals surface area contributed by atoms with Crippen LogP contribution in [-0.4, -0.2) is 23.5 Å². The van der Waals surface area contributed by atoms with E-state index in [2.05, 4.69) is 84.1 Å². The van der Waals surface area contributed by atoms with Gasteiger partial charge in [0.15, 0.2) is 0 Å². The molecule has 0 saturated heterocycles. The van der Waals surface area contributed by atoms with Crippen LogP contribution in [0.4, 0.5) is 5.69 Å². The number of aromatic nitrogens is 2. The van der Waals surface area contributed by atoms with Crippen LogP contribution in [0, 0.1) is 6.92 Å². The van der Waals surface area contributed by atoms with Gasteiger partial charge in [-0.3, -0.25) is 0 Å². The highest BCUT2D eigenvalue weighted by molar-refractivity contribution is 5.53. The molecule has 0 spiro atoms. The summed E-state index contributed by atoms with van der Waals surface area (Å²) in [6.45, 7) is 5.05. The van der Waals surface area contributed by atoms with Crippen LogP contribution in [-0.2, 0) is 6.54 Å². The first-order chi connectivity index (χ1) is 11.1. The molecule has 0 radical (unpaired) electrons. The molecule has 0 fully saturated rings.